The molecular weight excluding hydrogens is 362 g/mol. The lowest BCUT2D eigenvalue weighted by atomic mass is 10.2. The maximum atomic E-state index is 11.5. The fourth-order valence-electron chi connectivity index (χ4n) is 2.50. The zero-order valence-electron chi connectivity index (χ0n) is 16.1. The quantitative estimate of drug-likeness (QED) is 0.427. The standard InChI is InChI=1S/C20H27N3O3S/c1-4-21-20(23(2)16-17-8-6-5-7-9-17)22-14-15-26-18-10-12-19(13-11-18)27(3,24)25/h5-13H,4,14-16H2,1-3H3,(H,21,22). The van der Waals surface area contributed by atoms with Crippen LogP contribution in [0.5, 0.6) is 5.75 Å². The van der Waals surface area contributed by atoms with Gasteiger partial charge in [-0.3, -0.25) is 0 Å². The van der Waals surface area contributed by atoms with Crippen LogP contribution in [-0.4, -0.2) is 52.3 Å². The summed E-state index contributed by atoms with van der Waals surface area (Å²) in [5.74, 6) is 1.44. The molecule has 0 aliphatic rings. The van der Waals surface area contributed by atoms with Crippen molar-refractivity contribution < 1.29 is 13.2 Å². The topological polar surface area (TPSA) is 71.0 Å². The molecule has 2 rings (SSSR count). The van der Waals surface area contributed by atoms with Gasteiger partial charge in [0.05, 0.1) is 11.4 Å². The summed E-state index contributed by atoms with van der Waals surface area (Å²) < 4.78 is 28.6. The van der Waals surface area contributed by atoms with Crippen LogP contribution >= 0.6 is 0 Å². The van der Waals surface area contributed by atoms with E-state index in [1.165, 1.54) is 11.8 Å². The highest BCUT2D eigenvalue weighted by atomic mass is 32.2. The van der Waals surface area contributed by atoms with Crippen LogP contribution < -0.4 is 10.1 Å². The Bertz CT molecular complexity index is 835. The van der Waals surface area contributed by atoms with E-state index in [9.17, 15) is 8.42 Å². The minimum atomic E-state index is -3.19. The third-order valence-corrected chi connectivity index (χ3v) is 4.96. The lowest BCUT2D eigenvalue weighted by Gasteiger charge is -2.22. The smallest absolute Gasteiger partial charge is 0.194 e. The minimum Gasteiger partial charge on any atom is -0.492 e. The molecule has 0 aliphatic carbocycles. The summed E-state index contributed by atoms with van der Waals surface area (Å²) in [7, 11) is -1.19. The highest BCUT2D eigenvalue weighted by Gasteiger charge is 2.07. The van der Waals surface area contributed by atoms with Gasteiger partial charge in [-0.15, -0.1) is 0 Å². The molecule has 0 saturated carbocycles. The number of nitrogens with one attached hydrogen (secondary N) is 1. The zero-order valence-corrected chi connectivity index (χ0v) is 16.9. The Hall–Kier alpha value is -2.54. The van der Waals surface area contributed by atoms with Crippen LogP contribution in [0.25, 0.3) is 0 Å². The van der Waals surface area contributed by atoms with E-state index in [2.05, 4.69) is 27.3 Å². The van der Waals surface area contributed by atoms with Gasteiger partial charge in [-0.25, -0.2) is 13.4 Å². The highest BCUT2D eigenvalue weighted by Crippen LogP contribution is 2.15. The highest BCUT2D eigenvalue weighted by molar-refractivity contribution is 7.90. The molecule has 0 aromatic heterocycles. The molecule has 0 atom stereocenters. The first-order chi connectivity index (χ1) is 12.9. The lowest BCUT2D eigenvalue weighted by molar-refractivity contribution is 0.327. The van der Waals surface area contributed by atoms with Crippen molar-refractivity contribution in [3.05, 3.63) is 60.2 Å². The molecule has 0 spiro atoms. The van der Waals surface area contributed by atoms with E-state index >= 15 is 0 Å². The second-order valence-electron chi connectivity index (χ2n) is 6.17. The van der Waals surface area contributed by atoms with Crippen LogP contribution in [0.2, 0.25) is 0 Å². The SMILES string of the molecule is CCNC(=NCCOc1ccc(S(C)(=O)=O)cc1)N(C)Cc1ccccc1. The van der Waals surface area contributed by atoms with Crippen molar-refractivity contribution in [2.24, 2.45) is 4.99 Å². The molecule has 7 heteroatoms. The number of benzene rings is 2. The number of guanidine groups is 1. The first kappa shape index (κ1) is 20.8. The molecule has 146 valence electrons. The first-order valence-corrected chi connectivity index (χ1v) is 10.8. The molecule has 0 amide bonds. The van der Waals surface area contributed by atoms with Gasteiger partial charge >= 0.3 is 0 Å². The number of ether oxygens (including phenoxy) is 1. The maximum Gasteiger partial charge on any atom is 0.194 e. The Morgan fingerprint density at radius 2 is 1.78 bits per heavy atom. The van der Waals surface area contributed by atoms with Crippen LogP contribution in [0.4, 0.5) is 0 Å². The molecule has 2 aromatic rings. The molecule has 0 unspecified atom stereocenters. The third kappa shape index (κ3) is 6.94. The Labute approximate surface area is 161 Å². The number of hydrogen-bond donors (Lipinski definition) is 1. The molecule has 6 nitrogen and oxygen atoms in total. The van der Waals surface area contributed by atoms with Gasteiger partial charge in [0.2, 0.25) is 0 Å². The van der Waals surface area contributed by atoms with Gasteiger partial charge in [0, 0.05) is 26.4 Å². The van der Waals surface area contributed by atoms with Crippen LogP contribution in [0.1, 0.15) is 12.5 Å². The van der Waals surface area contributed by atoms with E-state index in [0.717, 1.165) is 19.0 Å². The second-order valence-corrected chi connectivity index (χ2v) is 8.19. The van der Waals surface area contributed by atoms with E-state index in [0.29, 0.717) is 18.9 Å². The summed E-state index contributed by atoms with van der Waals surface area (Å²) in [5, 5.41) is 3.28. The molecule has 1 N–H and O–H groups in total. The van der Waals surface area contributed by atoms with Crippen molar-refractivity contribution in [1.29, 1.82) is 0 Å². The Morgan fingerprint density at radius 3 is 2.37 bits per heavy atom. The van der Waals surface area contributed by atoms with Crippen molar-refractivity contribution >= 4 is 15.8 Å². The van der Waals surface area contributed by atoms with Gasteiger partial charge in [-0.1, -0.05) is 30.3 Å². The normalized spacial score (nSPS) is 11.9. The molecule has 0 radical (unpaired) electrons. The number of aliphatic imine (C=N–C) groups is 1. The fraction of sp³-hybridized carbons (Fsp3) is 0.350. The van der Waals surface area contributed by atoms with Crippen molar-refractivity contribution in [2.75, 3.05) is 33.0 Å². The largest absolute Gasteiger partial charge is 0.492 e. The number of rotatable bonds is 8. The maximum absolute atomic E-state index is 11.5. The predicted molar refractivity (Wildman–Crippen MR) is 109 cm³/mol. The summed E-state index contributed by atoms with van der Waals surface area (Å²) >= 11 is 0. The van der Waals surface area contributed by atoms with Crippen LogP contribution in [0, 0.1) is 0 Å². The summed E-state index contributed by atoms with van der Waals surface area (Å²) in [6.07, 6.45) is 1.19. The summed E-state index contributed by atoms with van der Waals surface area (Å²) in [6.45, 7) is 4.49. The Morgan fingerprint density at radius 1 is 1.11 bits per heavy atom. The van der Waals surface area contributed by atoms with Gasteiger partial charge in [0.25, 0.3) is 0 Å². The van der Waals surface area contributed by atoms with E-state index in [1.807, 2.05) is 32.2 Å². The molecule has 0 bridgehead atoms. The molecule has 0 saturated heterocycles. The molecule has 2 aromatic carbocycles. The van der Waals surface area contributed by atoms with E-state index in [-0.39, 0.29) is 4.90 Å². The molecular formula is C20H27N3O3S. The third-order valence-electron chi connectivity index (χ3n) is 3.83. The summed E-state index contributed by atoms with van der Waals surface area (Å²) in [4.78, 5) is 6.94. The van der Waals surface area contributed by atoms with Crippen LogP contribution in [0.15, 0.2) is 64.5 Å². The molecule has 0 heterocycles. The number of hydrogen-bond acceptors (Lipinski definition) is 4. The second kappa shape index (κ2) is 9.97. The van der Waals surface area contributed by atoms with Gasteiger partial charge in [0.15, 0.2) is 15.8 Å². The van der Waals surface area contributed by atoms with Crippen molar-refractivity contribution in [3.63, 3.8) is 0 Å². The van der Waals surface area contributed by atoms with Gasteiger partial charge < -0.3 is 15.0 Å². The number of sulfone groups is 1. The van der Waals surface area contributed by atoms with Crippen LogP contribution in [-0.2, 0) is 16.4 Å². The van der Waals surface area contributed by atoms with Gasteiger partial charge in [0.1, 0.15) is 12.4 Å². The fourth-order valence-corrected chi connectivity index (χ4v) is 3.13. The number of nitrogens with zero attached hydrogens (tertiary/aromatic N) is 2. The molecule has 0 aliphatic heterocycles. The monoisotopic (exact) mass is 389 g/mol. The molecule has 27 heavy (non-hydrogen) atoms. The summed E-state index contributed by atoms with van der Waals surface area (Å²) in [6, 6.07) is 16.6. The van der Waals surface area contributed by atoms with Crippen molar-refractivity contribution in [2.45, 2.75) is 18.4 Å². The molecule has 0 fully saturated rings. The summed E-state index contributed by atoms with van der Waals surface area (Å²) in [5.41, 5.74) is 1.22. The minimum absolute atomic E-state index is 0.282. The van der Waals surface area contributed by atoms with E-state index in [4.69, 9.17) is 4.74 Å². The average molecular weight is 390 g/mol. The lowest BCUT2D eigenvalue weighted by Crippen LogP contribution is -2.38. The Kier molecular flexibility index (Phi) is 7.67. The van der Waals surface area contributed by atoms with E-state index < -0.39 is 9.84 Å². The van der Waals surface area contributed by atoms with Crippen molar-refractivity contribution in [1.82, 2.24) is 10.2 Å². The van der Waals surface area contributed by atoms with Gasteiger partial charge in [-0.05, 0) is 36.8 Å². The Balaban J connectivity index is 1.89. The van der Waals surface area contributed by atoms with E-state index in [1.54, 1.807) is 24.3 Å². The first-order valence-electron chi connectivity index (χ1n) is 8.86. The van der Waals surface area contributed by atoms with Crippen molar-refractivity contribution in [3.8, 4) is 5.75 Å². The zero-order chi connectivity index (χ0) is 19.7. The predicted octanol–water partition coefficient (Wildman–Crippen LogP) is 2.57. The average Bonchev–Trinajstić information content (AvgIpc) is 2.64. The van der Waals surface area contributed by atoms with Gasteiger partial charge in [-0.2, -0.15) is 0 Å². The van der Waals surface area contributed by atoms with Crippen LogP contribution in [0.3, 0.4) is 0 Å².